The molecule has 0 fully saturated rings. The molecular weight excluding hydrogens is 260 g/mol. The zero-order valence-electron chi connectivity index (χ0n) is 10.6. The first-order valence-corrected chi connectivity index (χ1v) is 6.80. The molecule has 0 saturated carbocycles. The highest BCUT2D eigenvalue weighted by molar-refractivity contribution is 7.98. The molecule has 0 unspecified atom stereocenters. The summed E-state index contributed by atoms with van der Waals surface area (Å²) >= 11 is 1.52. The fourth-order valence-corrected chi connectivity index (χ4v) is 2.30. The van der Waals surface area contributed by atoms with E-state index >= 15 is 0 Å². The molecule has 3 aromatic heterocycles. The highest BCUT2D eigenvalue weighted by Gasteiger charge is 2.06. The fourth-order valence-electron chi connectivity index (χ4n) is 1.59. The maximum atomic E-state index is 4.42. The Morgan fingerprint density at radius 3 is 2.84 bits per heavy atom. The third-order valence-electron chi connectivity index (χ3n) is 2.71. The van der Waals surface area contributed by atoms with Crippen LogP contribution in [0.1, 0.15) is 17.1 Å². The number of imidazole rings is 1. The van der Waals surface area contributed by atoms with E-state index in [1.807, 2.05) is 36.7 Å². The van der Waals surface area contributed by atoms with Crippen molar-refractivity contribution in [3.8, 4) is 0 Å². The van der Waals surface area contributed by atoms with Gasteiger partial charge in [-0.3, -0.25) is 4.40 Å². The second-order valence-electron chi connectivity index (χ2n) is 4.11. The van der Waals surface area contributed by atoms with Gasteiger partial charge in [-0.15, -0.1) is 5.10 Å². The highest BCUT2D eigenvalue weighted by Crippen LogP contribution is 2.18. The van der Waals surface area contributed by atoms with Gasteiger partial charge in [0.15, 0.2) is 0 Å². The molecule has 0 radical (unpaired) electrons. The molecule has 3 rings (SSSR count). The van der Waals surface area contributed by atoms with Gasteiger partial charge in [-0.05, 0) is 19.9 Å². The lowest BCUT2D eigenvalue weighted by molar-refractivity contribution is 0.789. The smallest absolute Gasteiger partial charge is 0.233 e. The van der Waals surface area contributed by atoms with Crippen molar-refractivity contribution in [2.24, 2.45) is 0 Å². The van der Waals surface area contributed by atoms with Gasteiger partial charge in [0.05, 0.1) is 17.1 Å². The fraction of sp³-hybridized carbons (Fsp3) is 0.250. The lowest BCUT2D eigenvalue weighted by Gasteiger charge is -2.00. The molecule has 6 nitrogen and oxygen atoms in total. The summed E-state index contributed by atoms with van der Waals surface area (Å²) in [6.45, 7) is 3.83. The van der Waals surface area contributed by atoms with Crippen LogP contribution in [0.15, 0.2) is 29.8 Å². The van der Waals surface area contributed by atoms with E-state index in [0.717, 1.165) is 17.1 Å². The number of nitrogens with zero attached hydrogens (tertiary/aromatic N) is 6. The van der Waals surface area contributed by atoms with Crippen molar-refractivity contribution in [3.05, 3.63) is 41.7 Å². The van der Waals surface area contributed by atoms with Gasteiger partial charge in [0.2, 0.25) is 10.9 Å². The molecule has 0 amide bonds. The van der Waals surface area contributed by atoms with Crippen LogP contribution in [0.4, 0.5) is 0 Å². The number of thioether (sulfide) groups is 1. The van der Waals surface area contributed by atoms with E-state index in [1.54, 1.807) is 6.20 Å². The van der Waals surface area contributed by atoms with E-state index in [9.17, 15) is 0 Å². The number of fused-ring (bicyclic) bond motifs is 1. The maximum Gasteiger partial charge on any atom is 0.233 e. The lowest BCUT2D eigenvalue weighted by Crippen LogP contribution is -1.97. The Morgan fingerprint density at radius 2 is 2.05 bits per heavy atom. The molecule has 0 aromatic carbocycles. The van der Waals surface area contributed by atoms with E-state index in [2.05, 4.69) is 25.1 Å². The summed E-state index contributed by atoms with van der Waals surface area (Å²) < 4.78 is 1.90. The normalized spacial score (nSPS) is 11.1. The largest absolute Gasteiger partial charge is 0.291 e. The summed E-state index contributed by atoms with van der Waals surface area (Å²) in [5.41, 5.74) is 2.72. The summed E-state index contributed by atoms with van der Waals surface area (Å²) in [6.07, 6.45) is 5.62. The molecule has 96 valence electrons. The summed E-state index contributed by atoms with van der Waals surface area (Å²) in [4.78, 5) is 13.0. The van der Waals surface area contributed by atoms with Crippen LogP contribution in [0.25, 0.3) is 5.78 Å². The minimum absolute atomic E-state index is 0.674. The van der Waals surface area contributed by atoms with Crippen LogP contribution in [0.3, 0.4) is 0 Å². The first kappa shape index (κ1) is 12.0. The van der Waals surface area contributed by atoms with Crippen LogP contribution in [0.2, 0.25) is 0 Å². The van der Waals surface area contributed by atoms with Gasteiger partial charge in [-0.1, -0.05) is 11.8 Å². The Morgan fingerprint density at radius 1 is 1.16 bits per heavy atom. The van der Waals surface area contributed by atoms with E-state index in [4.69, 9.17) is 0 Å². The summed E-state index contributed by atoms with van der Waals surface area (Å²) in [7, 11) is 0. The molecule has 0 bridgehead atoms. The second kappa shape index (κ2) is 4.93. The summed E-state index contributed by atoms with van der Waals surface area (Å²) in [5, 5.41) is 8.80. The standard InChI is InChI=1S/C12H12N6S/c1-8-9(2)16-17-12(14-8)19-7-10-6-18-5-3-4-13-11(18)15-10/h3-6H,7H2,1-2H3. The zero-order valence-corrected chi connectivity index (χ0v) is 11.4. The number of hydrogen-bond acceptors (Lipinski definition) is 6. The first-order valence-electron chi connectivity index (χ1n) is 5.82. The quantitative estimate of drug-likeness (QED) is 0.677. The van der Waals surface area contributed by atoms with Crippen LogP contribution >= 0.6 is 11.8 Å². The molecule has 0 aliphatic heterocycles. The van der Waals surface area contributed by atoms with Crippen molar-refractivity contribution in [1.29, 1.82) is 0 Å². The summed E-state index contributed by atoms with van der Waals surface area (Å²) in [5.74, 6) is 1.41. The van der Waals surface area contributed by atoms with Crippen LogP contribution < -0.4 is 0 Å². The molecule has 0 aliphatic carbocycles. The zero-order chi connectivity index (χ0) is 13.2. The molecule has 0 spiro atoms. The highest BCUT2D eigenvalue weighted by atomic mass is 32.2. The van der Waals surface area contributed by atoms with E-state index < -0.39 is 0 Å². The Bertz CT molecular complexity index is 690. The topological polar surface area (TPSA) is 68.9 Å². The number of hydrogen-bond donors (Lipinski definition) is 0. The van der Waals surface area contributed by atoms with Gasteiger partial charge >= 0.3 is 0 Å². The Balaban J connectivity index is 1.76. The summed E-state index contributed by atoms with van der Waals surface area (Å²) in [6, 6.07) is 1.88. The minimum atomic E-state index is 0.674. The van der Waals surface area contributed by atoms with Crippen molar-refractivity contribution in [2.45, 2.75) is 24.8 Å². The van der Waals surface area contributed by atoms with Crippen LogP contribution in [0.5, 0.6) is 0 Å². The Kier molecular flexibility index (Phi) is 3.12. The molecule has 3 aromatic rings. The van der Waals surface area contributed by atoms with Crippen LogP contribution in [-0.4, -0.2) is 29.5 Å². The average molecular weight is 272 g/mol. The molecule has 0 aliphatic rings. The SMILES string of the molecule is Cc1nnc(SCc2cn3cccnc3n2)nc1C. The van der Waals surface area contributed by atoms with Crippen LogP contribution in [0, 0.1) is 13.8 Å². The van der Waals surface area contributed by atoms with Gasteiger partial charge < -0.3 is 0 Å². The van der Waals surface area contributed by atoms with E-state index in [-0.39, 0.29) is 0 Å². The minimum Gasteiger partial charge on any atom is -0.291 e. The number of aromatic nitrogens is 6. The second-order valence-corrected chi connectivity index (χ2v) is 5.06. The molecule has 0 atom stereocenters. The number of rotatable bonds is 3. The van der Waals surface area contributed by atoms with Crippen molar-refractivity contribution in [3.63, 3.8) is 0 Å². The van der Waals surface area contributed by atoms with Gasteiger partial charge in [0.25, 0.3) is 0 Å². The first-order chi connectivity index (χ1) is 9.22. The van der Waals surface area contributed by atoms with Gasteiger partial charge in [-0.25, -0.2) is 15.0 Å². The molecule has 3 heterocycles. The lowest BCUT2D eigenvalue weighted by atomic mass is 10.4. The molecule has 19 heavy (non-hydrogen) atoms. The third-order valence-corrected chi connectivity index (χ3v) is 3.58. The molecule has 0 saturated heterocycles. The predicted molar refractivity (Wildman–Crippen MR) is 71.8 cm³/mol. The van der Waals surface area contributed by atoms with Crippen molar-refractivity contribution in [1.82, 2.24) is 29.5 Å². The average Bonchev–Trinajstić information content (AvgIpc) is 2.83. The van der Waals surface area contributed by atoms with Crippen molar-refractivity contribution >= 4 is 17.5 Å². The molecule has 0 N–H and O–H groups in total. The third kappa shape index (κ3) is 2.55. The van der Waals surface area contributed by atoms with E-state index in [0.29, 0.717) is 16.7 Å². The monoisotopic (exact) mass is 272 g/mol. The van der Waals surface area contributed by atoms with Gasteiger partial charge in [-0.2, -0.15) is 5.10 Å². The van der Waals surface area contributed by atoms with Crippen molar-refractivity contribution < 1.29 is 0 Å². The Labute approximate surface area is 114 Å². The number of aryl methyl sites for hydroxylation is 2. The van der Waals surface area contributed by atoms with Crippen molar-refractivity contribution in [2.75, 3.05) is 0 Å². The molecule has 7 heteroatoms. The van der Waals surface area contributed by atoms with Gasteiger partial charge in [0.1, 0.15) is 0 Å². The predicted octanol–water partition coefficient (Wildman–Crippen LogP) is 1.82. The van der Waals surface area contributed by atoms with E-state index in [1.165, 1.54) is 11.8 Å². The Hall–Kier alpha value is -2.02. The maximum absolute atomic E-state index is 4.42. The molecular formula is C12H12N6S. The van der Waals surface area contributed by atoms with Gasteiger partial charge in [0, 0.05) is 24.3 Å². The van der Waals surface area contributed by atoms with Crippen LogP contribution in [-0.2, 0) is 5.75 Å².